The maximum atomic E-state index is 5.22. The minimum Gasteiger partial charge on any atom is -0.247 e. The summed E-state index contributed by atoms with van der Waals surface area (Å²) in [5, 5.41) is 4.01. The molecule has 3 aromatic carbocycles. The van der Waals surface area contributed by atoms with Gasteiger partial charge in [0.15, 0.2) is 0 Å². The van der Waals surface area contributed by atoms with Gasteiger partial charge in [0.05, 0.1) is 15.9 Å². The summed E-state index contributed by atoms with van der Waals surface area (Å²) < 4.78 is 2.67. The van der Waals surface area contributed by atoms with Gasteiger partial charge in [0.1, 0.15) is 0 Å². The molecule has 0 radical (unpaired) electrons. The third-order valence-electron chi connectivity index (χ3n) is 7.48. The molecule has 3 aromatic heterocycles. The highest BCUT2D eigenvalue weighted by atomic mass is 32.1. The van der Waals surface area contributed by atoms with Crippen LogP contribution >= 0.6 is 22.7 Å². The second kappa shape index (κ2) is 9.32. The van der Waals surface area contributed by atoms with Crippen molar-refractivity contribution in [3.8, 4) is 22.4 Å². The lowest BCUT2D eigenvalue weighted by molar-refractivity contribution is 0.596. The zero-order valence-corrected chi connectivity index (χ0v) is 25.0. The lowest BCUT2D eigenvalue weighted by Crippen LogP contribution is -2.12. The summed E-state index contributed by atoms with van der Waals surface area (Å²) in [6.45, 7) is 16.0. The molecule has 0 fully saturated rings. The van der Waals surface area contributed by atoms with Crippen molar-refractivity contribution in [2.75, 3.05) is 0 Å². The summed E-state index contributed by atoms with van der Waals surface area (Å²) in [7, 11) is 0. The average molecular weight is 534 g/mol. The number of benzene rings is 3. The van der Waals surface area contributed by atoms with Gasteiger partial charge >= 0.3 is 0 Å². The fraction of sp³-hybridized carbons (Fsp3) is 0.286. The van der Waals surface area contributed by atoms with E-state index in [-0.39, 0.29) is 5.41 Å². The number of hydrogen-bond donors (Lipinski definition) is 0. The molecule has 192 valence electrons. The molecule has 0 bridgehead atoms. The predicted molar refractivity (Wildman–Crippen MR) is 170 cm³/mol. The molecule has 0 amide bonds. The SMILES string of the molecule is Cc1cc2nc(-c3cc(C(C)(C)C)c4ccccc4c3)cc(-c3ccc4sc(C)c(CC(C)C)c4c3)c2s1. The van der Waals surface area contributed by atoms with Crippen molar-refractivity contribution < 1.29 is 0 Å². The molecule has 0 aliphatic heterocycles. The van der Waals surface area contributed by atoms with Gasteiger partial charge in [-0.2, -0.15) is 0 Å². The number of aromatic nitrogens is 1. The first-order chi connectivity index (χ1) is 18.1. The Labute approximate surface area is 234 Å². The molecule has 0 saturated carbocycles. The van der Waals surface area contributed by atoms with E-state index in [9.17, 15) is 0 Å². The Balaban J connectivity index is 1.60. The van der Waals surface area contributed by atoms with Crippen LogP contribution in [0.5, 0.6) is 0 Å². The van der Waals surface area contributed by atoms with Crippen LogP contribution < -0.4 is 0 Å². The Morgan fingerprint density at radius 1 is 0.816 bits per heavy atom. The second-order valence-electron chi connectivity index (χ2n) is 12.1. The number of pyridine rings is 1. The van der Waals surface area contributed by atoms with Gasteiger partial charge in [-0.05, 0) is 101 Å². The van der Waals surface area contributed by atoms with Crippen molar-refractivity contribution >= 4 is 53.7 Å². The highest BCUT2D eigenvalue weighted by Crippen LogP contribution is 2.41. The first-order valence-electron chi connectivity index (χ1n) is 13.6. The molecular formula is C35H35NS2. The monoisotopic (exact) mass is 533 g/mol. The van der Waals surface area contributed by atoms with Crippen LogP contribution in [0, 0.1) is 19.8 Å². The molecule has 38 heavy (non-hydrogen) atoms. The van der Waals surface area contributed by atoms with Gasteiger partial charge in [0.2, 0.25) is 0 Å². The van der Waals surface area contributed by atoms with E-state index >= 15 is 0 Å². The van der Waals surface area contributed by atoms with Crippen LogP contribution in [-0.2, 0) is 11.8 Å². The van der Waals surface area contributed by atoms with E-state index in [1.807, 2.05) is 22.7 Å². The van der Waals surface area contributed by atoms with Crippen molar-refractivity contribution in [3.05, 3.63) is 87.6 Å². The van der Waals surface area contributed by atoms with E-state index in [4.69, 9.17) is 4.98 Å². The fourth-order valence-electron chi connectivity index (χ4n) is 5.68. The van der Waals surface area contributed by atoms with Gasteiger partial charge in [-0.25, -0.2) is 4.98 Å². The topological polar surface area (TPSA) is 12.9 Å². The molecule has 3 heterocycles. The van der Waals surface area contributed by atoms with E-state index < -0.39 is 0 Å². The van der Waals surface area contributed by atoms with Crippen molar-refractivity contribution in [2.24, 2.45) is 5.92 Å². The molecule has 1 nitrogen and oxygen atoms in total. The first-order valence-corrected chi connectivity index (χ1v) is 15.2. The molecule has 0 aliphatic carbocycles. The van der Waals surface area contributed by atoms with Gasteiger partial charge in [0.25, 0.3) is 0 Å². The molecule has 0 aliphatic rings. The molecule has 0 spiro atoms. The lowest BCUT2D eigenvalue weighted by atomic mass is 9.82. The van der Waals surface area contributed by atoms with E-state index in [1.54, 1.807) is 0 Å². The molecule has 0 N–H and O–H groups in total. The van der Waals surface area contributed by atoms with E-state index in [2.05, 4.69) is 115 Å². The molecule has 6 rings (SSSR count). The minimum absolute atomic E-state index is 0.0379. The van der Waals surface area contributed by atoms with Crippen molar-refractivity contribution in [1.82, 2.24) is 4.98 Å². The molecule has 6 aromatic rings. The number of nitrogens with zero attached hydrogens (tertiary/aromatic N) is 1. The summed E-state index contributed by atoms with van der Waals surface area (Å²) in [4.78, 5) is 7.97. The minimum atomic E-state index is 0.0379. The summed E-state index contributed by atoms with van der Waals surface area (Å²) in [6.07, 6.45) is 1.12. The summed E-state index contributed by atoms with van der Waals surface area (Å²) in [5.74, 6) is 0.638. The number of fused-ring (bicyclic) bond motifs is 3. The highest BCUT2D eigenvalue weighted by molar-refractivity contribution is 7.19. The number of thiophene rings is 2. The van der Waals surface area contributed by atoms with E-state index in [0.29, 0.717) is 5.92 Å². The second-order valence-corrected chi connectivity index (χ2v) is 14.6. The number of rotatable bonds is 4. The smallest absolute Gasteiger partial charge is 0.0826 e. The zero-order chi connectivity index (χ0) is 26.8. The molecule has 3 heteroatoms. The quantitative estimate of drug-likeness (QED) is 0.220. The lowest BCUT2D eigenvalue weighted by Gasteiger charge is -2.23. The third kappa shape index (κ3) is 4.46. The van der Waals surface area contributed by atoms with Gasteiger partial charge < -0.3 is 0 Å². The fourth-order valence-corrected chi connectivity index (χ4v) is 7.75. The molecule has 0 atom stereocenters. The Hall–Kier alpha value is -3.01. The number of hydrogen-bond acceptors (Lipinski definition) is 3. The van der Waals surface area contributed by atoms with Crippen LogP contribution in [0.1, 0.15) is 55.5 Å². The normalized spacial score (nSPS) is 12.4. The molecule has 0 unspecified atom stereocenters. The zero-order valence-electron chi connectivity index (χ0n) is 23.4. The van der Waals surface area contributed by atoms with Crippen LogP contribution in [0.25, 0.3) is 53.5 Å². The van der Waals surface area contributed by atoms with Gasteiger partial charge in [-0.3, -0.25) is 0 Å². The Morgan fingerprint density at radius 2 is 1.61 bits per heavy atom. The molecular weight excluding hydrogens is 499 g/mol. The van der Waals surface area contributed by atoms with Crippen LogP contribution in [-0.4, -0.2) is 4.98 Å². The molecule has 0 saturated heterocycles. The van der Waals surface area contributed by atoms with Crippen LogP contribution in [0.15, 0.2) is 66.7 Å². The van der Waals surface area contributed by atoms with Gasteiger partial charge in [0, 0.05) is 25.6 Å². The Kier molecular flexibility index (Phi) is 6.20. The maximum absolute atomic E-state index is 5.22. The predicted octanol–water partition coefficient (Wildman–Crippen LogP) is 11.1. The van der Waals surface area contributed by atoms with Crippen molar-refractivity contribution in [2.45, 2.75) is 60.3 Å². The largest absolute Gasteiger partial charge is 0.247 e. The summed E-state index contributed by atoms with van der Waals surface area (Å²) in [6, 6.07) is 25.1. The van der Waals surface area contributed by atoms with Crippen molar-refractivity contribution in [3.63, 3.8) is 0 Å². The summed E-state index contributed by atoms with van der Waals surface area (Å²) >= 11 is 3.78. The average Bonchev–Trinajstić information content (AvgIpc) is 3.39. The maximum Gasteiger partial charge on any atom is 0.0826 e. The van der Waals surface area contributed by atoms with Crippen LogP contribution in [0.4, 0.5) is 0 Å². The van der Waals surface area contributed by atoms with Gasteiger partial charge in [-0.15, -0.1) is 22.7 Å². The van der Waals surface area contributed by atoms with Crippen LogP contribution in [0.3, 0.4) is 0 Å². The Morgan fingerprint density at radius 3 is 2.37 bits per heavy atom. The summed E-state index contributed by atoms with van der Waals surface area (Å²) in [5.41, 5.74) is 8.81. The first kappa shape index (κ1) is 25.3. The van der Waals surface area contributed by atoms with Crippen LogP contribution in [0.2, 0.25) is 0 Å². The standard InChI is InChI=1S/C35H35NS2/c1-20(2)14-27-22(4)38-33-13-12-24(17-29(27)33)28-19-31(36-32-15-21(3)37-34(28)32)25-16-23-10-8-9-11-26(23)30(18-25)35(5,6)7/h8-13,15-20H,14H2,1-7H3. The Bertz CT molecular complexity index is 1820. The number of aryl methyl sites for hydroxylation is 2. The van der Waals surface area contributed by atoms with E-state index in [0.717, 1.165) is 17.6 Å². The third-order valence-corrected chi connectivity index (χ3v) is 9.69. The highest BCUT2D eigenvalue weighted by Gasteiger charge is 2.20. The van der Waals surface area contributed by atoms with Gasteiger partial charge in [-0.1, -0.05) is 65.0 Å². The van der Waals surface area contributed by atoms with Crippen molar-refractivity contribution in [1.29, 1.82) is 0 Å². The van der Waals surface area contributed by atoms with E-state index in [1.165, 1.54) is 63.1 Å².